The number of halogens is 1. The number of amides is 1. The molecule has 1 aliphatic heterocycles. The summed E-state index contributed by atoms with van der Waals surface area (Å²) in [6, 6.07) is 4.40. The highest BCUT2D eigenvalue weighted by Gasteiger charge is 2.24. The van der Waals surface area contributed by atoms with E-state index < -0.39 is 0 Å². The van der Waals surface area contributed by atoms with Gasteiger partial charge in [-0.3, -0.25) is 4.79 Å². The summed E-state index contributed by atoms with van der Waals surface area (Å²) >= 11 is 0. The molecule has 1 amide bonds. The van der Waals surface area contributed by atoms with Crippen LogP contribution in [-0.2, 0) is 11.3 Å². The van der Waals surface area contributed by atoms with Gasteiger partial charge in [0, 0.05) is 25.3 Å². The van der Waals surface area contributed by atoms with Gasteiger partial charge in [0.05, 0.1) is 18.9 Å². The number of carbonyl (C=O) groups excluding carboxylic acids is 1. The first-order chi connectivity index (χ1) is 12.6. The van der Waals surface area contributed by atoms with E-state index in [9.17, 15) is 9.18 Å². The SMILES string of the molecule is Cc1noc(C)c1C(=O)N1CCOCCCCOc2ccc(F)cc2C1. The van der Waals surface area contributed by atoms with E-state index in [1.165, 1.54) is 12.1 Å². The van der Waals surface area contributed by atoms with E-state index in [2.05, 4.69) is 5.16 Å². The minimum atomic E-state index is -0.361. The molecule has 0 atom stereocenters. The topological polar surface area (TPSA) is 64.8 Å². The van der Waals surface area contributed by atoms with Crippen LogP contribution in [0.25, 0.3) is 0 Å². The van der Waals surface area contributed by atoms with Gasteiger partial charge in [-0.15, -0.1) is 0 Å². The van der Waals surface area contributed by atoms with Crippen LogP contribution in [0.4, 0.5) is 4.39 Å². The third-order valence-electron chi connectivity index (χ3n) is 4.36. The second kappa shape index (κ2) is 8.31. The molecule has 0 radical (unpaired) electrons. The summed E-state index contributed by atoms with van der Waals surface area (Å²) in [6.07, 6.45) is 1.73. The number of benzene rings is 1. The smallest absolute Gasteiger partial charge is 0.259 e. The standard InChI is InChI=1S/C19H23FN2O4/c1-13-18(14(2)26-21-13)19(23)22-7-10-24-8-3-4-9-25-17-6-5-16(20)11-15(17)12-22/h5-6,11H,3-4,7-10,12H2,1-2H3. The molecule has 140 valence electrons. The number of hydrogen-bond donors (Lipinski definition) is 0. The predicted octanol–water partition coefficient (Wildman–Crippen LogP) is 3.26. The molecule has 1 aromatic heterocycles. The Balaban J connectivity index is 1.91. The van der Waals surface area contributed by atoms with Crippen molar-refractivity contribution >= 4 is 5.91 Å². The maximum absolute atomic E-state index is 13.8. The van der Waals surface area contributed by atoms with Crippen LogP contribution in [0, 0.1) is 19.7 Å². The lowest BCUT2D eigenvalue weighted by Gasteiger charge is -2.24. The van der Waals surface area contributed by atoms with Crippen LogP contribution >= 0.6 is 0 Å². The van der Waals surface area contributed by atoms with Gasteiger partial charge >= 0.3 is 0 Å². The molecule has 7 heteroatoms. The molecule has 1 aromatic carbocycles. The number of fused-ring (bicyclic) bond motifs is 1. The average molecular weight is 362 g/mol. The van der Waals surface area contributed by atoms with Crippen LogP contribution in [0.5, 0.6) is 5.75 Å². The molecule has 0 aliphatic carbocycles. The van der Waals surface area contributed by atoms with E-state index in [0.29, 0.717) is 54.7 Å². The zero-order valence-corrected chi connectivity index (χ0v) is 15.1. The number of ether oxygens (including phenoxy) is 2. The number of carbonyl (C=O) groups is 1. The number of aromatic nitrogens is 1. The second-order valence-electron chi connectivity index (χ2n) is 6.35. The normalized spacial score (nSPS) is 16.2. The Kier molecular flexibility index (Phi) is 5.88. The van der Waals surface area contributed by atoms with Crippen molar-refractivity contribution in [3.05, 3.63) is 46.6 Å². The third kappa shape index (κ3) is 4.22. The molecule has 0 saturated carbocycles. The maximum atomic E-state index is 13.8. The fraction of sp³-hybridized carbons (Fsp3) is 0.474. The van der Waals surface area contributed by atoms with Gasteiger partial charge in [0.25, 0.3) is 5.91 Å². The van der Waals surface area contributed by atoms with Crippen molar-refractivity contribution in [3.63, 3.8) is 0 Å². The summed E-state index contributed by atoms with van der Waals surface area (Å²) in [5.74, 6) is 0.497. The van der Waals surface area contributed by atoms with E-state index in [1.54, 1.807) is 24.8 Å². The molecular weight excluding hydrogens is 339 g/mol. The summed E-state index contributed by atoms with van der Waals surface area (Å²) in [5.41, 5.74) is 1.61. The van der Waals surface area contributed by atoms with Gasteiger partial charge in [0.2, 0.25) is 0 Å². The molecule has 0 bridgehead atoms. The predicted molar refractivity (Wildman–Crippen MR) is 92.7 cm³/mol. The van der Waals surface area contributed by atoms with Crippen molar-refractivity contribution in [2.75, 3.05) is 26.4 Å². The Labute approximate surface area is 151 Å². The van der Waals surface area contributed by atoms with E-state index >= 15 is 0 Å². The molecular formula is C19H23FN2O4. The first kappa shape index (κ1) is 18.4. The van der Waals surface area contributed by atoms with Gasteiger partial charge in [-0.1, -0.05) is 5.16 Å². The fourth-order valence-corrected chi connectivity index (χ4v) is 2.98. The summed E-state index contributed by atoms with van der Waals surface area (Å²) in [6.45, 7) is 5.61. The highest BCUT2D eigenvalue weighted by Crippen LogP contribution is 2.24. The zero-order valence-electron chi connectivity index (χ0n) is 15.1. The molecule has 2 aromatic rings. The number of rotatable bonds is 1. The largest absolute Gasteiger partial charge is 0.493 e. The molecule has 0 saturated heterocycles. The fourth-order valence-electron chi connectivity index (χ4n) is 2.98. The molecule has 0 spiro atoms. The lowest BCUT2D eigenvalue weighted by Crippen LogP contribution is -2.34. The Hall–Kier alpha value is -2.41. The van der Waals surface area contributed by atoms with Crippen LogP contribution in [0.1, 0.15) is 40.2 Å². The van der Waals surface area contributed by atoms with Gasteiger partial charge in [0.15, 0.2) is 0 Å². The van der Waals surface area contributed by atoms with E-state index in [1.807, 2.05) is 0 Å². The molecule has 0 unspecified atom stereocenters. The van der Waals surface area contributed by atoms with E-state index in [-0.39, 0.29) is 18.3 Å². The van der Waals surface area contributed by atoms with Gasteiger partial charge in [0.1, 0.15) is 22.9 Å². The average Bonchev–Trinajstić information content (AvgIpc) is 2.94. The Morgan fingerprint density at radius 2 is 2.00 bits per heavy atom. The first-order valence-corrected chi connectivity index (χ1v) is 8.77. The van der Waals surface area contributed by atoms with Crippen LogP contribution in [0.2, 0.25) is 0 Å². The monoisotopic (exact) mass is 362 g/mol. The van der Waals surface area contributed by atoms with Crippen molar-refractivity contribution in [3.8, 4) is 5.75 Å². The highest BCUT2D eigenvalue weighted by molar-refractivity contribution is 5.96. The molecule has 2 heterocycles. The minimum absolute atomic E-state index is 0.211. The second-order valence-corrected chi connectivity index (χ2v) is 6.35. The van der Waals surface area contributed by atoms with Crippen LogP contribution in [-0.4, -0.2) is 42.3 Å². The molecule has 1 aliphatic rings. The highest BCUT2D eigenvalue weighted by atomic mass is 19.1. The van der Waals surface area contributed by atoms with Gasteiger partial charge in [-0.25, -0.2) is 4.39 Å². The van der Waals surface area contributed by atoms with Crippen LogP contribution < -0.4 is 4.74 Å². The third-order valence-corrected chi connectivity index (χ3v) is 4.36. The van der Waals surface area contributed by atoms with E-state index in [4.69, 9.17) is 14.0 Å². The quantitative estimate of drug-likeness (QED) is 0.779. The Bertz CT molecular complexity index is 755. The van der Waals surface area contributed by atoms with Crippen LogP contribution in [0.3, 0.4) is 0 Å². The van der Waals surface area contributed by atoms with Crippen molar-refractivity contribution in [1.29, 1.82) is 0 Å². The van der Waals surface area contributed by atoms with Crippen LogP contribution in [0.15, 0.2) is 22.7 Å². The zero-order chi connectivity index (χ0) is 18.5. The van der Waals surface area contributed by atoms with Gasteiger partial charge in [-0.2, -0.15) is 0 Å². The molecule has 26 heavy (non-hydrogen) atoms. The summed E-state index contributed by atoms with van der Waals surface area (Å²) in [4.78, 5) is 14.7. The van der Waals surface area contributed by atoms with Crippen molar-refractivity contribution in [2.24, 2.45) is 0 Å². The summed E-state index contributed by atoms with van der Waals surface area (Å²) in [7, 11) is 0. The molecule has 0 fully saturated rings. The van der Waals surface area contributed by atoms with Crippen molar-refractivity contribution < 1.29 is 23.2 Å². The Morgan fingerprint density at radius 1 is 1.19 bits per heavy atom. The lowest BCUT2D eigenvalue weighted by molar-refractivity contribution is 0.0605. The number of aryl methyl sites for hydroxylation is 2. The first-order valence-electron chi connectivity index (χ1n) is 8.77. The van der Waals surface area contributed by atoms with Crippen molar-refractivity contribution in [1.82, 2.24) is 10.1 Å². The lowest BCUT2D eigenvalue weighted by atomic mass is 10.1. The maximum Gasteiger partial charge on any atom is 0.259 e. The van der Waals surface area contributed by atoms with Crippen molar-refractivity contribution in [2.45, 2.75) is 33.2 Å². The van der Waals surface area contributed by atoms with Gasteiger partial charge in [-0.05, 0) is 44.9 Å². The number of nitrogens with zero attached hydrogens (tertiary/aromatic N) is 2. The minimum Gasteiger partial charge on any atom is -0.493 e. The van der Waals surface area contributed by atoms with E-state index in [0.717, 1.165) is 12.8 Å². The van der Waals surface area contributed by atoms with Gasteiger partial charge < -0.3 is 18.9 Å². The summed E-state index contributed by atoms with van der Waals surface area (Å²) in [5, 5.41) is 3.85. The molecule has 6 nitrogen and oxygen atoms in total. The Morgan fingerprint density at radius 3 is 2.77 bits per heavy atom. The number of hydrogen-bond acceptors (Lipinski definition) is 5. The summed E-state index contributed by atoms with van der Waals surface area (Å²) < 4.78 is 30.3. The molecule has 0 N–H and O–H groups in total. The molecule has 3 rings (SSSR count).